The van der Waals surface area contributed by atoms with Gasteiger partial charge in [-0.25, -0.2) is 0 Å². The van der Waals surface area contributed by atoms with E-state index in [9.17, 15) is 4.79 Å². The summed E-state index contributed by atoms with van der Waals surface area (Å²) in [4.78, 5) is 15.6. The average Bonchev–Trinajstić information content (AvgIpc) is 2.47. The van der Waals surface area contributed by atoms with Gasteiger partial charge in [0.25, 0.3) is 5.91 Å². The summed E-state index contributed by atoms with van der Waals surface area (Å²) in [7, 11) is 3.38. The topological polar surface area (TPSA) is 65.5 Å². The SMILES string of the molecule is CN=C(NCc1ccc(C(=O)NC)cc1)NCC(C)C. The van der Waals surface area contributed by atoms with Crippen molar-refractivity contribution in [1.29, 1.82) is 0 Å². The normalized spacial score (nSPS) is 11.3. The molecular weight excluding hydrogens is 252 g/mol. The van der Waals surface area contributed by atoms with Crippen LogP contribution in [0.5, 0.6) is 0 Å². The van der Waals surface area contributed by atoms with Gasteiger partial charge in [-0.3, -0.25) is 9.79 Å². The number of hydrogen-bond donors (Lipinski definition) is 3. The van der Waals surface area contributed by atoms with E-state index in [4.69, 9.17) is 0 Å². The number of rotatable bonds is 5. The van der Waals surface area contributed by atoms with Crippen LogP contribution in [-0.4, -0.2) is 32.5 Å². The summed E-state index contributed by atoms with van der Waals surface area (Å²) < 4.78 is 0. The molecule has 1 aromatic carbocycles. The van der Waals surface area contributed by atoms with Crippen molar-refractivity contribution in [2.75, 3.05) is 20.6 Å². The summed E-state index contributed by atoms with van der Waals surface area (Å²) in [5, 5.41) is 9.10. The molecule has 0 bridgehead atoms. The molecule has 0 saturated carbocycles. The molecule has 3 N–H and O–H groups in total. The zero-order valence-electron chi connectivity index (χ0n) is 12.7. The Kier molecular flexibility index (Phi) is 6.56. The number of nitrogens with zero attached hydrogens (tertiary/aromatic N) is 1. The molecule has 0 aliphatic heterocycles. The second kappa shape index (κ2) is 8.19. The van der Waals surface area contributed by atoms with E-state index in [0.717, 1.165) is 18.1 Å². The minimum atomic E-state index is -0.0704. The van der Waals surface area contributed by atoms with Gasteiger partial charge in [0, 0.05) is 32.7 Å². The Balaban J connectivity index is 2.50. The van der Waals surface area contributed by atoms with Crippen molar-refractivity contribution in [3.63, 3.8) is 0 Å². The molecule has 5 nitrogen and oxygen atoms in total. The third kappa shape index (κ3) is 5.30. The third-order valence-electron chi connectivity index (χ3n) is 2.80. The summed E-state index contributed by atoms with van der Waals surface area (Å²) in [6.07, 6.45) is 0. The van der Waals surface area contributed by atoms with Crippen molar-refractivity contribution in [1.82, 2.24) is 16.0 Å². The summed E-state index contributed by atoms with van der Waals surface area (Å²) >= 11 is 0. The van der Waals surface area contributed by atoms with Crippen LogP contribution in [0.25, 0.3) is 0 Å². The van der Waals surface area contributed by atoms with Gasteiger partial charge in [0.1, 0.15) is 0 Å². The largest absolute Gasteiger partial charge is 0.356 e. The van der Waals surface area contributed by atoms with E-state index >= 15 is 0 Å². The molecule has 0 aliphatic rings. The summed E-state index contributed by atoms with van der Waals surface area (Å²) in [5.41, 5.74) is 1.77. The predicted molar refractivity (Wildman–Crippen MR) is 82.9 cm³/mol. The Hall–Kier alpha value is -2.04. The fourth-order valence-corrected chi connectivity index (χ4v) is 1.63. The number of guanidine groups is 1. The first-order valence-corrected chi connectivity index (χ1v) is 6.82. The zero-order chi connectivity index (χ0) is 15.0. The molecular formula is C15H24N4O. The van der Waals surface area contributed by atoms with E-state index < -0.39 is 0 Å². The van der Waals surface area contributed by atoms with Gasteiger partial charge in [0.05, 0.1) is 0 Å². The molecule has 0 radical (unpaired) electrons. The molecule has 0 saturated heterocycles. The molecule has 0 aromatic heterocycles. The molecule has 20 heavy (non-hydrogen) atoms. The lowest BCUT2D eigenvalue weighted by atomic mass is 10.1. The van der Waals surface area contributed by atoms with Crippen LogP contribution < -0.4 is 16.0 Å². The Morgan fingerprint density at radius 1 is 1.20 bits per heavy atom. The first kappa shape index (κ1) is 16.0. The first-order chi connectivity index (χ1) is 9.56. The third-order valence-corrected chi connectivity index (χ3v) is 2.80. The average molecular weight is 276 g/mol. The van der Waals surface area contributed by atoms with Crippen molar-refractivity contribution >= 4 is 11.9 Å². The van der Waals surface area contributed by atoms with Gasteiger partial charge in [-0.05, 0) is 23.6 Å². The number of carbonyl (C=O) groups excluding carboxylic acids is 1. The van der Waals surface area contributed by atoms with Gasteiger partial charge in [-0.15, -0.1) is 0 Å². The highest BCUT2D eigenvalue weighted by molar-refractivity contribution is 5.93. The van der Waals surface area contributed by atoms with E-state index in [1.807, 2.05) is 24.3 Å². The second-order valence-electron chi connectivity index (χ2n) is 4.98. The van der Waals surface area contributed by atoms with E-state index in [1.165, 1.54) is 0 Å². The molecule has 0 fully saturated rings. The van der Waals surface area contributed by atoms with Crippen molar-refractivity contribution in [2.24, 2.45) is 10.9 Å². The number of nitrogens with one attached hydrogen (secondary N) is 3. The summed E-state index contributed by atoms with van der Waals surface area (Å²) in [5.74, 6) is 1.29. The maximum absolute atomic E-state index is 11.4. The zero-order valence-corrected chi connectivity index (χ0v) is 12.7. The number of hydrogen-bond acceptors (Lipinski definition) is 2. The van der Waals surface area contributed by atoms with Crippen molar-refractivity contribution in [3.8, 4) is 0 Å². The van der Waals surface area contributed by atoms with Crippen LogP contribution >= 0.6 is 0 Å². The lowest BCUT2D eigenvalue weighted by Crippen LogP contribution is -2.38. The Morgan fingerprint density at radius 3 is 2.35 bits per heavy atom. The van der Waals surface area contributed by atoms with Crippen LogP contribution in [0.4, 0.5) is 0 Å². The number of aliphatic imine (C=N–C) groups is 1. The standard InChI is InChI=1S/C15H24N4O/c1-11(2)9-18-15(17-4)19-10-12-5-7-13(8-6-12)14(20)16-3/h5-8,11H,9-10H2,1-4H3,(H,16,20)(H2,17,18,19). The van der Waals surface area contributed by atoms with Gasteiger partial charge >= 0.3 is 0 Å². The van der Waals surface area contributed by atoms with Gasteiger partial charge < -0.3 is 16.0 Å². The molecule has 1 amide bonds. The first-order valence-electron chi connectivity index (χ1n) is 6.82. The van der Waals surface area contributed by atoms with Crippen molar-refractivity contribution in [2.45, 2.75) is 20.4 Å². The van der Waals surface area contributed by atoms with Crippen LogP contribution in [0, 0.1) is 5.92 Å². The highest BCUT2D eigenvalue weighted by Gasteiger charge is 2.03. The van der Waals surface area contributed by atoms with E-state index in [1.54, 1.807) is 14.1 Å². The fourth-order valence-electron chi connectivity index (χ4n) is 1.63. The Labute approximate surface area is 120 Å². The predicted octanol–water partition coefficient (Wildman–Crippen LogP) is 1.37. The smallest absolute Gasteiger partial charge is 0.251 e. The maximum Gasteiger partial charge on any atom is 0.251 e. The molecule has 0 unspecified atom stereocenters. The van der Waals surface area contributed by atoms with Crippen molar-refractivity contribution in [3.05, 3.63) is 35.4 Å². The van der Waals surface area contributed by atoms with Crippen LogP contribution in [0.3, 0.4) is 0 Å². The molecule has 0 heterocycles. The minimum Gasteiger partial charge on any atom is -0.356 e. The molecule has 0 spiro atoms. The van der Waals surface area contributed by atoms with E-state index in [0.29, 0.717) is 18.0 Å². The van der Waals surface area contributed by atoms with Gasteiger partial charge in [0.15, 0.2) is 5.96 Å². The van der Waals surface area contributed by atoms with Crippen LogP contribution in [0.2, 0.25) is 0 Å². The molecule has 0 aliphatic carbocycles. The number of benzene rings is 1. The van der Waals surface area contributed by atoms with Gasteiger partial charge in [-0.1, -0.05) is 26.0 Å². The molecule has 110 valence electrons. The highest BCUT2D eigenvalue weighted by Crippen LogP contribution is 2.04. The lowest BCUT2D eigenvalue weighted by Gasteiger charge is -2.13. The summed E-state index contributed by atoms with van der Waals surface area (Å²) in [6.45, 7) is 5.86. The second-order valence-corrected chi connectivity index (χ2v) is 4.98. The van der Waals surface area contributed by atoms with Gasteiger partial charge in [0.2, 0.25) is 0 Å². The highest BCUT2D eigenvalue weighted by atomic mass is 16.1. The van der Waals surface area contributed by atoms with Gasteiger partial charge in [-0.2, -0.15) is 0 Å². The quantitative estimate of drug-likeness (QED) is 0.562. The number of carbonyl (C=O) groups is 1. The lowest BCUT2D eigenvalue weighted by molar-refractivity contribution is 0.0963. The maximum atomic E-state index is 11.4. The molecule has 0 atom stereocenters. The van der Waals surface area contributed by atoms with Crippen LogP contribution in [-0.2, 0) is 6.54 Å². The molecule has 1 rings (SSSR count). The fraction of sp³-hybridized carbons (Fsp3) is 0.467. The monoisotopic (exact) mass is 276 g/mol. The molecule has 5 heteroatoms. The molecule has 1 aromatic rings. The Morgan fingerprint density at radius 2 is 1.85 bits per heavy atom. The summed E-state index contributed by atoms with van der Waals surface area (Å²) in [6, 6.07) is 7.51. The number of amides is 1. The van der Waals surface area contributed by atoms with Crippen molar-refractivity contribution < 1.29 is 4.79 Å². The van der Waals surface area contributed by atoms with E-state index in [-0.39, 0.29) is 5.91 Å². The van der Waals surface area contributed by atoms with Crippen LogP contribution in [0.15, 0.2) is 29.3 Å². The minimum absolute atomic E-state index is 0.0704. The Bertz CT molecular complexity index is 451. The van der Waals surface area contributed by atoms with Crippen LogP contribution in [0.1, 0.15) is 29.8 Å². The van der Waals surface area contributed by atoms with E-state index in [2.05, 4.69) is 34.8 Å².